The Balaban J connectivity index is 2.59. The number of thioether (sulfide) groups is 2. The normalized spacial score (nSPS) is 19.3. The van der Waals surface area contributed by atoms with Crippen LogP contribution in [0, 0.1) is 0 Å². The van der Waals surface area contributed by atoms with Crippen LogP contribution in [0.15, 0.2) is 9.81 Å². The minimum absolute atomic E-state index is 1.24. The Morgan fingerprint density at radius 3 is 1.89 bits per heavy atom. The van der Waals surface area contributed by atoms with Gasteiger partial charge < -0.3 is 0 Å². The van der Waals surface area contributed by atoms with Crippen LogP contribution in [0.2, 0.25) is 0 Å². The molecule has 0 spiro atoms. The lowest BCUT2D eigenvalue weighted by molar-refractivity contribution is 1.12. The lowest BCUT2D eigenvalue weighted by Crippen LogP contribution is -1.72. The maximum atomic E-state index is 2.24. The molecule has 0 amide bonds. The second-order valence-electron chi connectivity index (χ2n) is 1.96. The van der Waals surface area contributed by atoms with Gasteiger partial charge in [0.15, 0.2) is 0 Å². The Kier molecular flexibility index (Phi) is 2.99. The molecule has 52 valence electrons. The highest BCUT2D eigenvalue weighted by Gasteiger charge is 2.11. The van der Waals surface area contributed by atoms with Gasteiger partial charge in [-0.25, -0.2) is 0 Å². The maximum Gasteiger partial charge on any atom is 0.0480 e. The third-order valence-electron chi connectivity index (χ3n) is 1.42. The van der Waals surface area contributed by atoms with E-state index in [0.717, 1.165) is 0 Å². The zero-order valence-electron chi connectivity index (χ0n) is 5.94. The summed E-state index contributed by atoms with van der Waals surface area (Å²) in [6.07, 6.45) is 2.47. The Labute approximate surface area is 65.5 Å². The molecule has 0 aromatic rings. The summed E-state index contributed by atoms with van der Waals surface area (Å²) in [6, 6.07) is 0. The highest BCUT2D eigenvalue weighted by molar-refractivity contribution is 8.22. The summed E-state index contributed by atoms with van der Waals surface area (Å²) in [7, 11) is 0. The van der Waals surface area contributed by atoms with E-state index >= 15 is 0 Å². The van der Waals surface area contributed by atoms with E-state index < -0.39 is 0 Å². The molecule has 0 nitrogen and oxygen atoms in total. The van der Waals surface area contributed by atoms with Gasteiger partial charge in [0.1, 0.15) is 0 Å². The fourth-order valence-electron chi connectivity index (χ4n) is 0.931. The van der Waals surface area contributed by atoms with Crippen LogP contribution in [0.25, 0.3) is 0 Å². The van der Waals surface area contributed by atoms with Crippen molar-refractivity contribution in [2.24, 2.45) is 0 Å². The molecule has 0 N–H and O–H groups in total. The number of hydrogen-bond acceptors (Lipinski definition) is 2. The van der Waals surface area contributed by atoms with Crippen LogP contribution in [-0.2, 0) is 0 Å². The molecule has 0 fully saturated rings. The van der Waals surface area contributed by atoms with Gasteiger partial charge in [0, 0.05) is 5.08 Å². The standard InChI is InChI=1S/C7H12S2/c1-3-6-7(4-2)9-5-8-6/h3-5H2,1-2H3. The Hall–Kier alpha value is 0.440. The average molecular weight is 160 g/mol. The molecule has 1 aliphatic heterocycles. The summed E-state index contributed by atoms with van der Waals surface area (Å²) >= 11 is 4.04. The van der Waals surface area contributed by atoms with E-state index in [1.807, 2.05) is 23.5 Å². The Bertz CT molecular complexity index is 113. The Morgan fingerprint density at radius 1 is 1.11 bits per heavy atom. The monoisotopic (exact) mass is 160 g/mol. The van der Waals surface area contributed by atoms with Crippen molar-refractivity contribution in [3.05, 3.63) is 9.81 Å². The first kappa shape index (κ1) is 7.55. The number of rotatable bonds is 2. The maximum absolute atomic E-state index is 2.24. The van der Waals surface area contributed by atoms with E-state index in [0.29, 0.717) is 0 Å². The third kappa shape index (κ3) is 1.68. The van der Waals surface area contributed by atoms with Gasteiger partial charge in [-0.15, -0.1) is 23.5 Å². The lowest BCUT2D eigenvalue weighted by Gasteiger charge is -1.96. The van der Waals surface area contributed by atoms with Gasteiger partial charge in [0.05, 0.1) is 0 Å². The van der Waals surface area contributed by atoms with Crippen LogP contribution < -0.4 is 0 Å². The van der Waals surface area contributed by atoms with Crippen molar-refractivity contribution >= 4 is 23.5 Å². The van der Waals surface area contributed by atoms with Crippen LogP contribution in [0.1, 0.15) is 26.7 Å². The minimum atomic E-state index is 1.24. The third-order valence-corrected chi connectivity index (χ3v) is 4.26. The van der Waals surface area contributed by atoms with E-state index in [2.05, 4.69) is 13.8 Å². The first-order chi connectivity index (χ1) is 4.38. The quantitative estimate of drug-likeness (QED) is 0.607. The molecule has 2 heteroatoms. The first-order valence-corrected chi connectivity index (χ1v) is 5.33. The Morgan fingerprint density at radius 2 is 1.56 bits per heavy atom. The lowest BCUT2D eigenvalue weighted by atomic mass is 10.3. The van der Waals surface area contributed by atoms with E-state index in [4.69, 9.17) is 0 Å². The van der Waals surface area contributed by atoms with Gasteiger partial charge in [0.2, 0.25) is 0 Å². The van der Waals surface area contributed by atoms with Crippen molar-refractivity contribution in [1.82, 2.24) is 0 Å². The molecule has 0 unspecified atom stereocenters. The topological polar surface area (TPSA) is 0 Å². The second kappa shape index (κ2) is 3.57. The number of allylic oxidation sites excluding steroid dienone is 2. The van der Waals surface area contributed by atoms with Crippen LogP contribution in [0.5, 0.6) is 0 Å². The van der Waals surface area contributed by atoms with Gasteiger partial charge in [-0.1, -0.05) is 13.8 Å². The summed E-state index contributed by atoms with van der Waals surface area (Å²) < 4.78 is 0. The summed E-state index contributed by atoms with van der Waals surface area (Å²) in [6.45, 7) is 4.48. The van der Waals surface area contributed by atoms with Crippen LogP contribution in [0.4, 0.5) is 0 Å². The second-order valence-corrected chi connectivity index (χ2v) is 4.47. The van der Waals surface area contributed by atoms with Crippen molar-refractivity contribution in [3.8, 4) is 0 Å². The fraction of sp³-hybridized carbons (Fsp3) is 0.714. The van der Waals surface area contributed by atoms with E-state index in [1.165, 1.54) is 17.9 Å². The summed E-state index contributed by atoms with van der Waals surface area (Å²) in [5.74, 6) is 0. The highest BCUT2D eigenvalue weighted by atomic mass is 32.2. The van der Waals surface area contributed by atoms with E-state index in [1.54, 1.807) is 9.81 Å². The predicted molar refractivity (Wildman–Crippen MR) is 47.7 cm³/mol. The van der Waals surface area contributed by atoms with Gasteiger partial charge in [-0.05, 0) is 22.7 Å². The van der Waals surface area contributed by atoms with E-state index in [-0.39, 0.29) is 0 Å². The van der Waals surface area contributed by atoms with Crippen molar-refractivity contribution in [2.75, 3.05) is 5.08 Å². The molecule has 1 rings (SSSR count). The largest absolute Gasteiger partial charge is 0.118 e. The minimum Gasteiger partial charge on any atom is -0.118 e. The summed E-state index contributed by atoms with van der Waals surface area (Å²) in [5, 5.41) is 1.26. The SMILES string of the molecule is CCC1=C(CC)SCS1. The van der Waals surface area contributed by atoms with Crippen molar-refractivity contribution < 1.29 is 0 Å². The zero-order chi connectivity index (χ0) is 6.69. The number of hydrogen-bond donors (Lipinski definition) is 0. The van der Waals surface area contributed by atoms with Gasteiger partial charge in [-0.3, -0.25) is 0 Å². The van der Waals surface area contributed by atoms with Gasteiger partial charge >= 0.3 is 0 Å². The molecule has 0 aromatic heterocycles. The molecule has 0 aliphatic carbocycles. The van der Waals surface area contributed by atoms with Gasteiger partial charge in [-0.2, -0.15) is 0 Å². The molecule has 1 aliphatic rings. The molecule has 0 atom stereocenters. The molecular weight excluding hydrogens is 148 g/mol. The molecule has 0 saturated heterocycles. The van der Waals surface area contributed by atoms with Crippen molar-refractivity contribution in [1.29, 1.82) is 0 Å². The van der Waals surface area contributed by atoms with Crippen LogP contribution in [-0.4, -0.2) is 5.08 Å². The summed E-state index contributed by atoms with van der Waals surface area (Å²) in [4.78, 5) is 3.25. The van der Waals surface area contributed by atoms with E-state index in [9.17, 15) is 0 Å². The molecule has 0 saturated carbocycles. The highest BCUT2D eigenvalue weighted by Crippen LogP contribution is 2.42. The fourth-order valence-corrected chi connectivity index (χ4v) is 3.68. The molecular formula is C7H12S2. The van der Waals surface area contributed by atoms with Crippen molar-refractivity contribution in [3.63, 3.8) is 0 Å². The molecule has 0 bridgehead atoms. The molecule has 1 heterocycles. The zero-order valence-corrected chi connectivity index (χ0v) is 7.57. The van der Waals surface area contributed by atoms with Gasteiger partial charge in [0.25, 0.3) is 0 Å². The van der Waals surface area contributed by atoms with Crippen LogP contribution in [0.3, 0.4) is 0 Å². The van der Waals surface area contributed by atoms with Crippen molar-refractivity contribution in [2.45, 2.75) is 26.7 Å². The molecule has 0 radical (unpaired) electrons. The molecule has 9 heavy (non-hydrogen) atoms. The predicted octanol–water partition coefficient (Wildman–Crippen LogP) is 3.46. The molecule has 0 aromatic carbocycles. The first-order valence-electron chi connectivity index (χ1n) is 3.36. The summed E-state index contributed by atoms with van der Waals surface area (Å²) in [5.41, 5.74) is 0. The smallest absolute Gasteiger partial charge is 0.0480 e. The van der Waals surface area contributed by atoms with Crippen LogP contribution >= 0.6 is 23.5 Å². The average Bonchev–Trinajstić information content (AvgIpc) is 2.33.